The zero-order chi connectivity index (χ0) is 16.3. The summed E-state index contributed by atoms with van der Waals surface area (Å²) in [5, 5.41) is 17.3. The van der Waals surface area contributed by atoms with E-state index in [1.807, 2.05) is 7.05 Å². The summed E-state index contributed by atoms with van der Waals surface area (Å²) in [6.45, 7) is 4.95. The van der Waals surface area contributed by atoms with E-state index in [2.05, 4.69) is 24.3 Å². The highest BCUT2D eigenvalue weighted by atomic mass is 35.5. The third-order valence-corrected chi connectivity index (χ3v) is 4.04. The van der Waals surface area contributed by atoms with Gasteiger partial charge in [0.15, 0.2) is 0 Å². The Kier molecular flexibility index (Phi) is 7.48. The number of hydrogen-bond acceptors (Lipinski definition) is 3. The van der Waals surface area contributed by atoms with Crippen LogP contribution in [0.4, 0.5) is 4.39 Å². The zero-order valence-electron chi connectivity index (χ0n) is 13.4. The van der Waals surface area contributed by atoms with E-state index < -0.39 is 0 Å². The van der Waals surface area contributed by atoms with Crippen LogP contribution in [0.15, 0.2) is 18.2 Å². The number of aryl methyl sites for hydroxylation is 1. The van der Waals surface area contributed by atoms with Crippen molar-refractivity contribution in [3.05, 3.63) is 51.6 Å². The van der Waals surface area contributed by atoms with Gasteiger partial charge < -0.3 is 10.4 Å². The van der Waals surface area contributed by atoms with Crippen LogP contribution in [-0.4, -0.2) is 14.9 Å². The van der Waals surface area contributed by atoms with Crippen molar-refractivity contribution in [1.82, 2.24) is 15.1 Å². The van der Waals surface area contributed by atoms with Gasteiger partial charge in [-0.25, -0.2) is 4.39 Å². The fourth-order valence-corrected chi connectivity index (χ4v) is 2.56. The number of aliphatic hydroxyl groups excluding tert-OH is 1. The molecule has 0 amide bonds. The maximum absolute atomic E-state index is 13.6. The summed E-state index contributed by atoms with van der Waals surface area (Å²) >= 11 is 6.28. The fraction of sp³-hybridized carbons (Fsp3) is 0.438. The molecular weight excluding hydrogens is 340 g/mol. The number of rotatable bonds is 6. The number of nitrogens with zero attached hydrogens (tertiary/aromatic N) is 2. The number of aromatic nitrogens is 2. The van der Waals surface area contributed by atoms with Gasteiger partial charge >= 0.3 is 0 Å². The molecule has 1 aromatic carbocycles. The van der Waals surface area contributed by atoms with E-state index in [0.717, 1.165) is 16.8 Å². The van der Waals surface area contributed by atoms with Gasteiger partial charge in [-0.05, 0) is 17.5 Å². The molecule has 0 saturated heterocycles. The summed E-state index contributed by atoms with van der Waals surface area (Å²) in [4.78, 5) is 0. The lowest BCUT2D eigenvalue weighted by Gasteiger charge is -2.09. The molecule has 4 nitrogen and oxygen atoms in total. The molecule has 0 atom stereocenters. The van der Waals surface area contributed by atoms with Crippen molar-refractivity contribution < 1.29 is 9.50 Å². The highest BCUT2D eigenvalue weighted by Gasteiger charge is 2.16. The van der Waals surface area contributed by atoms with Gasteiger partial charge in [0.1, 0.15) is 11.0 Å². The first-order valence-corrected chi connectivity index (χ1v) is 7.62. The van der Waals surface area contributed by atoms with Crippen LogP contribution < -0.4 is 5.32 Å². The fourth-order valence-electron chi connectivity index (χ4n) is 2.36. The van der Waals surface area contributed by atoms with Gasteiger partial charge in [-0.2, -0.15) is 5.10 Å². The predicted molar refractivity (Wildman–Crippen MR) is 92.4 cm³/mol. The lowest BCUT2D eigenvalue weighted by Crippen LogP contribution is -2.14. The Balaban J connectivity index is 0.00000264. The van der Waals surface area contributed by atoms with E-state index in [9.17, 15) is 4.39 Å². The molecule has 0 unspecified atom stereocenters. The molecule has 2 N–H and O–H groups in total. The molecule has 0 spiro atoms. The van der Waals surface area contributed by atoms with Gasteiger partial charge in [0, 0.05) is 31.3 Å². The van der Waals surface area contributed by atoms with Crippen molar-refractivity contribution in [2.75, 3.05) is 0 Å². The normalized spacial score (nSPS) is 10.9. The van der Waals surface area contributed by atoms with E-state index in [4.69, 9.17) is 16.7 Å². The van der Waals surface area contributed by atoms with Gasteiger partial charge in [-0.3, -0.25) is 4.68 Å². The van der Waals surface area contributed by atoms with Crippen LogP contribution in [0.2, 0.25) is 5.15 Å². The Hall–Kier alpha value is -1.14. The number of nitrogens with one attached hydrogen (secondary N) is 1. The number of halogens is 3. The quantitative estimate of drug-likeness (QED) is 0.827. The van der Waals surface area contributed by atoms with Gasteiger partial charge in [0.25, 0.3) is 0 Å². The molecule has 23 heavy (non-hydrogen) atoms. The molecule has 0 aliphatic rings. The van der Waals surface area contributed by atoms with Gasteiger partial charge in [0.05, 0.1) is 12.3 Å². The molecule has 0 aliphatic heterocycles. The van der Waals surface area contributed by atoms with E-state index in [0.29, 0.717) is 23.8 Å². The van der Waals surface area contributed by atoms with Crippen molar-refractivity contribution in [2.24, 2.45) is 7.05 Å². The molecule has 2 aromatic rings. The molecule has 2 rings (SSSR count). The number of hydrogen-bond donors (Lipinski definition) is 2. The summed E-state index contributed by atoms with van der Waals surface area (Å²) in [5.41, 5.74) is 3.08. The Bertz CT molecular complexity index is 659. The standard InChI is InChI=1S/C16H21ClFN3O.ClH/c1-10(2)15-13(16(17)21(3)20-15)8-19-7-11-4-5-12(9-22)14(18)6-11;/h4-6,10,19,22H,7-9H2,1-3H3;1H. The van der Waals surface area contributed by atoms with Crippen molar-refractivity contribution in [3.8, 4) is 0 Å². The second-order valence-electron chi connectivity index (χ2n) is 5.62. The zero-order valence-corrected chi connectivity index (χ0v) is 15.0. The second kappa shape index (κ2) is 8.64. The van der Waals surface area contributed by atoms with E-state index in [-0.39, 0.29) is 30.7 Å². The van der Waals surface area contributed by atoms with E-state index >= 15 is 0 Å². The molecular formula is C16H22Cl2FN3O. The largest absolute Gasteiger partial charge is 0.392 e. The molecule has 0 radical (unpaired) electrons. The summed E-state index contributed by atoms with van der Waals surface area (Å²) in [5.74, 6) is -0.0964. The van der Waals surface area contributed by atoms with Crippen LogP contribution in [0.1, 0.15) is 42.1 Å². The summed E-state index contributed by atoms with van der Waals surface area (Å²) < 4.78 is 15.3. The summed E-state index contributed by atoms with van der Waals surface area (Å²) in [7, 11) is 1.82. The molecule has 0 aliphatic carbocycles. The van der Waals surface area contributed by atoms with Crippen LogP contribution >= 0.6 is 24.0 Å². The Morgan fingerprint density at radius 2 is 2.04 bits per heavy atom. The molecule has 1 heterocycles. The molecule has 1 aromatic heterocycles. The van der Waals surface area contributed by atoms with Gasteiger partial charge in [-0.15, -0.1) is 12.4 Å². The third-order valence-electron chi connectivity index (χ3n) is 3.57. The van der Waals surface area contributed by atoms with Crippen molar-refractivity contribution in [1.29, 1.82) is 0 Å². The van der Waals surface area contributed by atoms with E-state index in [1.54, 1.807) is 16.8 Å². The average Bonchev–Trinajstić information content (AvgIpc) is 2.76. The van der Waals surface area contributed by atoms with Crippen LogP contribution in [0, 0.1) is 5.82 Å². The lowest BCUT2D eigenvalue weighted by molar-refractivity contribution is 0.275. The third kappa shape index (κ3) is 4.67. The molecule has 7 heteroatoms. The van der Waals surface area contributed by atoms with Crippen molar-refractivity contribution >= 4 is 24.0 Å². The van der Waals surface area contributed by atoms with Crippen LogP contribution in [0.5, 0.6) is 0 Å². The molecule has 0 fully saturated rings. The SMILES string of the molecule is CC(C)c1nn(C)c(Cl)c1CNCc1ccc(CO)c(F)c1.Cl. The first-order valence-electron chi connectivity index (χ1n) is 7.24. The Morgan fingerprint density at radius 3 is 2.61 bits per heavy atom. The van der Waals surface area contributed by atoms with E-state index in [1.165, 1.54) is 6.07 Å². The van der Waals surface area contributed by atoms with Crippen molar-refractivity contribution in [2.45, 2.75) is 39.5 Å². The highest BCUT2D eigenvalue weighted by Crippen LogP contribution is 2.25. The van der Waals surface area contributed by atoms with Gasteiger partial charge in [0.2, 0.25) is 0 Å². The van der Waals surface area contributed by atoms with Gasteiger partial charge in [-0.1, -0.05) is 37.6 Å². The monoisotopic (exact) mass is 361 g/mol. The minimum atomic E-state index is -0.385. The minimum absolute atomic E-state index is 0. The number of benzene rings is 1. The maximum atomic E-state index is 13.6. The second-order valence-corrected chi connectivity index (χ2v) is 5.98. The van der Waals surface area contributed by atoms with Crippen molar-refractivity contribution in [3.63, 3.8) is 0 Å². The Labute approximate surface area is 147 Å². The molecule has 0 saturated carbocycles. The topological polar surface area (TPSA) is 50.1 Å². The maximum Gasteiger partial charge on any atom is 0.131 e. The average molecular weight is 362 g/mol. The predicted octanol–water partition coefficient (Wildman–Crippen LogP) is 3.54. The van der Waals surface area contributed by atoms with Crippen LogP contribution in [0.25, 0.3) is 0 Å². The lowest BCUT2D eigenvalue weighted by atomic mass is 10.1. The smallest absolute Gasteiger partial charge is 0.131 e. The van der Waals surface area contributed by atoms with Crippen LogP contribution in [0.3, 0.4) is 0 Å². The number of aliphatic hydroxyl groups is 1. The first kappa shape index (κ1) is 19.9. The first-order chi connectivity index (χ1) is 10.4. The molecule has 0 bridgehead atoms. The van der Waals surface area contributed by atoms with Crippen LogP contribution in [-0.2, 0) is 26.7 Å². The molecule has 128 valence electrons. The summed E-state index contributed by atoms with van der Waals surface area (Å²) in [6.07, 6.45) is 0. The highest BCUT2D eigenvalue weighted by molar-refractivity contribution is 6.30. The minimum Gasteiger partial charge on any atom is -0.392 e. The summed E-state index contributed by atoms with van der Waals surface area (Å²) in [6, 6.07) is 4.84. The Morgan fingerprint density at radius 1 is 1.35 bits per heavy atom.